The number of alkyl halides is 3. The lowest BCUT2D eigenvalue weighted by molar-refractivity contribution is -0.137. The lowest BCUT2D eigenvalue weighted by Crippen LogP contribution is -2.23. The van der Waals surface area contributed by atoms with Gasteiger partial charge in [0.2, 0.25) is 5.91 Å². The summed E-state index contributed by atoms with van der Waals surface area (Å²) in [6, 6.07) is 9.44. The molecule has 0 unspecified atom stereocenters. The van der Waals surface area contributed by atoms with Gasteiger partial charge in [-0.05, 0) is 42.8 Å². The minimum Gasteiger partial charge on any atom is -0.376 e. The smallest absolute Gasteiger partial charge is 0.376 e. The fourth-order valence-electron chi connectivity index (χ4n) is 2.36. The lowest BCUT2D eigenvalue weighted by atomic mass is 10.1. The van der Waals surface area contributed by atoms with E-state index in [0.29, 0.717) is 16.8 Å². The highest BCUT2D eigenvalue weighted by Crippen LogP contribution is 2.30. The largest absolute Gasteiger partial charge is 0.416 e. The summed E-state index contributed by atoms with van der Waals surface area (Å²) in [5.74, 6) is -0.756. The van der Waals surface area contributed by atoms with Gasteiger partial charge in [-0.1, -0.05) is 12.1 Å². The Morgan fingerprint density at radius 2 is 1.77 bits per heavy atom. The van der Waals surface area contributed by atoms with Crippen LogP contribution >= 0.6 is 0 Å². The molecular weight excluding hydrogens is 347 g/mol. The second-order valence-corrected chi connectivity index (χ2v) is 5.54. The third-order valence-electron chi connectivity index (χ3n) is 3.72. The van der Waals surface area contributed by atoms with Gasteiger partial charge in [-0.15, -0.1) is 0 Å². The van der Waals surface area contributed by atoms with Gasteiger partial charge in [0.1, 0.15) is 0 Å². The standard InChI is InChI=1S/C18H18F3N3O2/c1-11-14(17(26)22-2)7-4-8-15(11)23-10-16(25)24-13-6-3-5-12(9-13)18(19,20)21/h3-9,23H,10H2,1-2H3,(H,22,26)(H,24,25). The molecular formula is C18H18F3N3O2. The van der Waals surface area contributed by atoms with Crippen LogP contribution < -0.4 is 16.0 Å². The van der Waals surface area contributed by atoms with Crippen molar-refractivity contribution in [1.82, 2.24) is 5.32 Å². The number of benzene rings is 2. The highest BCUT2D eigenvalue weighted by atomic mass is 19.4. The molecule has 0 heterocycles. The summed E-state index contributed by atoms with van der Waals surface area (Å²) < 4.78 is 38.1. The fourth-order valence-corrected chi connectivity index (χ4v) is 2.36. The van der Waals surface area contributed by atoms with Crippen molar-refractivity contribution in [3.05, 3.63) is 59.2 Å². The maximum absolute atomic E-state index is 12.7. The molecule has 0 saturated heterocycles. The molecule has 8 heteroatoms. The number of anilines is 2. The normalized spacial score (nSPS) is 11.0. The van der Waals surface area contributed by atoms with E-state index in [1.165, 1.54) is 19.2 Å². The zero-order chi connectivity index (χ0) is 19.3. The first-order valence-electron chi connectivity index (χ1n) is 7.75. The molecule has 26 heavy (non-hydrogen) atoms. The van der Waals surface area contributed by atoms with Crippen LogP contribution in [-0.2, 0) is 11.0 Å². The van der Waals surface area contributed by atoms with E-state index in [-0.39, 0.29) is 18.1 Å². The van der Waals surface area contributed by atoms with Gasteiger partial charge in [0.25, 0.3) is 5.91 Å². The molecule has 0 atom stereocenters. The number of carbonyl (C=O) groups is 2. The number of amides is 2. The number of rotatable bonds is 5. The molecule has 0 fully saturated rings. The van der Waals surface area contributed by atoms with Crippen molar-refractivity contribution in [1.29, 1.82) is 0 Å². The quantitative estimate of drug-likeness (QED) is 0.760. The molecule has 138 valence electrons. The third kappa shape index (κ3) is 4.75. The Balaban J connectivity index is 2.03. The van der Waals surface area contributed by atoms with E-state index in [9.17, 15) is 22.8 Å². The van der Waals surface area contributed by atoms with Crippen molar-refractivity contribution in [2.24, 2.45) is 0 Å². The van der Waals surface area contributed by atoms with Gasteiger partial charge in [0.15, 0.2) is 0 Å². The van der Waals surface area contributed by atoms with Gasteiger partial charge in [-0.25, -0.2) is 0 Å². The summed E-state index contributed by atoms with van der Waals surface area (Å²) in [6.45, 7) is 1.58. The predicted octanol–water partition coefficient (Wildman–Crippen LogP) is 3.42. The van der Waals surface area contributed by atoms with E-state index in [1.54, 1.807) is 25.1 Å². The molecule has 0 aliphatic rings. The summed E-state index contributed by atoms with van der Waals surface area (Å²) in [5.41, 5.74) is 0.944. The molecule has 5 nitrogen and oxygen atoms in total. The summed E-state index contributed by atoms with van der Waals surface area (Å²) >= 11 is 0. The Kier molecular flexibility index (Phi) is 5.86. The Morgan fingerprint density at radius 1 is 1.08 bits per heavy atom. The minimum atomic E-state index is -4.48. The number of hydrogen-bond acceptors (Lipinski definition) is 3. The Bertz CT molecular complexity index is 820. The van der Waals surface area contributed by atoms with E-state index < -0.39 is 17.6 Å². The molecule has 0 aromatic heterocycles. The maximum Gasteiger partial charge on any atom is 0.416 e. The monoisotopic (exact) mass is 365 g/mol. The van der Waals surface area contributed by atoms with Crippen molar-refractivity contribution in [3.63, 3.8) is 0 Å². The molecule has 0 saturated carbocycles. The van der Waals surface area contributed by atoms with Crippen molar-refractivity contribution in [2.75, 3.05) is 24.2 Å². The second-order valence-electron chi connectivity index (χ2n) is 5.54. The molecule has 2 aromatic carbocycles. The molecule has 3 N–H and O–H groups in total. The van der Waals surface area contributed by atoms with Crippen LogP contribution in [0.2, 0.25) is 0 Å². The fraction of sp³-hybridized carbons (Fsp3) is 0.222. The van der Waals surface area contributed by atoms with E-state index in [2.05, 4.69) is 16.0 Å². The van der Waals surface area contributed by atoms with Crippen LogP contribution in [0, 0.1) is 6.92 Å². The van der Waals surface area contributed by atoms with E-state index in [1.807, 2.05) is 0 Å². The first kappa shape index (κ1) is 19.3. The Morgan fingerprint density at radius 3 is 2.42 bits per heavy atom. The van der Waals surface area contributed by atoms with Gasteiger partial charge in [0.05, 0.1) is 12.1 Å². The van der Waals surface area contributed by atoms with Crippen molar-refractivity contribution in [3.8, 4) is 0 Å². The van der Waals surface area contributed by atoms with E-state index in [4.69, 9.17) is 0 Å². The van der Waals surface area contributed by atoms with Crippen LogP contribution in [0.5, 0.6) is 0 Å². The number of hydrogen-bond donors (Lipinski definition) is 3. The van der Waals surface area contributed by atoms with Crippen molar-refractivity contribution in [2.45, 2.75) is 13.1 Å². The summed E-state index contributed by atoms with van der Waals surface area (Å²) in [5, 5.41) is 7.82. The zero-order valence-corrected chi connectivity index (χ0v) is 14.2. The highest BCUT2D eigenvalue weighted by molar-refractivity contribution is 5.97. The van der Waals surface area contributed by atoms with Crippen LogP contribution in [0.3, 0.4) is 0 Å². The second kappa shape index (κ2) is 7.90. The van der Waals surface area contributed by atoms with Crippen LogP contribution in [-0.4, -0.2) is 25.4 Å². The molecule has 2 amide bonds. The van der Waals surface area contributed by atoms with Gasteiger partial charge in [-0.3, -0.25) is 9.59 Å². The van der Waals surface area contributed by atoms with Gasteiger partial charge < -0.3 is 16.0 Å². The van der Waals surface area contributed by atoms with Crippen molar-refractivity contribution < 1.29 is 22.8 Å². The Hall–Kier alpha value is -3.03. The van der Waals surface area contributed by atoms with Gasteiger partial charge in [-0.2, -0.15) is 13.2 Å². The topological polar surface area (TPSA) is 70.2 Å². The van der Waals surface area contributed by atoms with Gasteiger partial charge >= 0.3 is 6.18 Å². The molecule has 0 bridgehead atoms. The average Bonchev–Trinajstić information content (AvgIpc) is 2.59. The van der Waals surface area contributed by atoms with Crippen LogP contribution in [0.25, 0.3) is 0 Å². The summed E-state index contributed by atoms with van der Waals surface area (Å²) in [6.07, 6.45) is -4.48. The summed E-state index contributed by atoms with van der Waals surface area (Å²) in [7, 11) is 1.52. The molecule has 0 aliphatic carbocycles. The third-order valence-corrected chi connectivity index (χ3v) is 3.72. The molecule has 2 rings (SSSR count). The first-order valence-corrected chi connectivity index (χ1v) is 7.75. The first-order chi connectivity index (χ1) is 12.2. The predicted molar refractivity (Wildman–Crippen MR) is 93.1 cm³/mol. The van der Waals surface area contributed by atoms with Crippen molar-refractivity contribution >= 4 is 23.2 Å². The van der Waals surface area contributed by atoms with E-state index in [0.717, 1.165) is 12.1 Å². The SMILES string of the molecule is CNC(=O)c1cccc(NCC(=O)Nc2cccc(C(F)(F)F)c2)c1C. The van der Waals surface area contributed by atoms with Crippen LogP contribution in [0.1, 0.15) is 21.5 Å². The highest BCUT2D eigenvalue weighted by Gasteiger charge is 2.30. The number of nitrogens with one attached hydrogen (secondary N) is 3. The zero-order valence-electron chi connectivity index (χ0n) is 14.2. The van der Waals surface area contributed by atoms with E-state index >= 15 is 0 Å². The maximum atomic E-state index is 12.7. The molecule has 0 radical (unpaired) electrons. The van der Waals surface area contributed by atoms with Crippen LogP contribution in [0.4, 0.5) is 24.5 Å². The van der Waals surface area contributed by atoms with Crippen LogP contribution in [0.15, 0.2) is 42.5 Å². The molecule has 0 aliphatic heterocycles. The molecule has 0 spiro atoms. The molecule has 2 aromatic rings. The number of halogens is 3. The minimum absolute atomic E-state index is 0.0578. The summed E-state index contributed by atoms with van der Waals surface area (Å²) in [4.78, 5) is 23.8. The van der Waals surface area contributed by atoms with Gasteiger partial charge in [0, 0.05) is 24.0 Å². The lowest BCUT2D eigenvalue weighted by Gasteiger charge is -2.13. The number of carbonyl (C=O) groups excluding carboxylic acids is 2. The average molecular weight is 365 g/mol. The Labute approximate surface area is 148 Å².